The normalized spacial score (nSPS) is 16.4. The second kappa shape index (κ2) is 7.60. The SMILES string of the molecule is CC(C)(C)OC(=O)NCCC1CNC(=O)c2cc(-c3ccnc(Cl)c3)cn21. The van der Waals surface area contributed by atoms with Crippen molar-refractivity contribution in [1.82, 2.24) is 20.2 Å². The van der Waals surface area contributed by atoms with Gasteiger partial charge in [0.2, 0.25) is 0 Å². The van der Waals surface area contributed by atoms with Crippen molar-refractivity contribution in [3.05, 3.63) is 41.4 Å². The number of nitrogens with one attached hydrogen (secondary N) is 2. The molecule has 0 bridgehead atoms. The zero-order valence-electron chi connectivity index (χ0n) is 15.6. The Labute approximate surface area is 163 Å². The number of rotatable bonds is 4. The number of nitrogens with zero attached hydrogens (tertiary/aromatic N) is 2. The minimum Gasteiger partial charge on any atom is -0.444 e. The summed E-state index contributed by atoms with van der Waals surface area (Å²) in [5, 5.41) is 6.06. The molecule has 27 heavy (non-hydrogen) atoms. The Morgan fingerprint density at radius 3 is 2.89 bits per heavy atom. The third kappa shape index (κ3) is 4.80. The van der Waals surface area contributed by atoms with Crippen LogP contribution in [0.5, 0.6) is 0 Å². The van der Waals surface area contributed by atoms with E-state index >= 15 is 0 Å². The standard InChI is InChI=1S/C19H23ClN4O3/c1-19(2,3)27-18(26)22-7-5-14-10-23-17(25)15-8-13(11-24(14)15)12-4-6-21-16(20)9-12/h4,6,8-9,11,14H,5,7,10H2,1-3H3,(H,22,26)(H,23,25). The Morgan fingerprint density at radius 1 is 1.41 bits per heavy atom. The van der Waals surface area contributed by atoms with E-state index in [1.807, 2.05) is 43.7 Å². The molecule has 0 spiro atoms. The summed E-state index contributed by atoms with van der Waals surface area (Å²) in [6.07, 6.45) is 3.80. The van der Waals surface area contributed by atoms with Crippen molar-refractivity contribution in [2.45, 2.75) is 38.8 Å². The molecule has 3 rings (SSSR count). The average Bonchev–Trinajstić information content (AvgIpc) is 3.02. The van der Waals surface area contributed by atoms with Gasteiger partial charge in [-0.3, -0.25) is 4.79 Å². The molecule has 2 aromatic heterocycles. The van der Waals surface area contributed by atoms with Gasteiger partial charge in [-0.25, -0.2) is 9.78 Å². The van der Waals surface area contributed by atoms with Crippen LogP contribution in [0, 0.1) is 0 Å². The molecule has 1 aliphatic heterocycles. The van der Waals surface area contributed by atoms with Gasteiger partial charge in [0.05, 0.1) is 6.04 Å². The number of carbonyl (C=O) groups is 2. The van der Waals surface area contributed by atoms with Crippen molar-refractivity contribution in [2.24, 2.45) is 0 Å². The number of aromatic nitrogens is 2. The monoisotopic (exact) mass is 390 g/mol. The van der Waals surface area contributed by atoms with Gasteiger partial charge in [0.15, 0.2) is 0 Å². The largest absolute Gasteiger partial charge is 0.444 e. The van der Waals surface area contributed by atoms with Crippen LogP contribution in [-0.2, 0) is 4.74 Å². The van der Waals surface area contributed by atoms with Crippen molar-refractivity contribution in [1.29, 1.82) is 0 Å². The second-order valence-corrected chi connectivity index (χ2v) is 7.86. The van der Waals surface area contributed by atoms with Crippen molar-refractivity contribution < 1.29 is 14.3 Å². The van der Waals surface area contributed by atoms with Gasteiger partial charge in [0.1, 0.15) is 16.4 Å². The molecule has 0 saturated heterocycles. The summed E-state index contributed by atoms with van der Waals surface area (Å²) in [4.78, 5) is 28.0. The van der Waals surface area contributed by atoms with Crippen molar-refractivity contribution >= 4 is 23.6 Å². The molecule has 3 heterocycles. The summed E-state index contributed by atoms with van der Waals surface area (Å²) in [5.41, 5.74) is 1.86. The fourth-order valence-corrected chi connectivity index (χ4v) is 3.17. The number of alkyl carbamates (subject to hydrolysis) is 1. The van der Waals surface area contributed by atoms with Crippen LogP contribution in [0.3, 0.4) is 0 Å². The number of ether oxygens (including phenoxy) is 1. The van der Waals surface area contributed by atoms with Crippen LogP contribution in [0.2, 0.25) is 5.15 Å². The van der Waals surface area contributed by atoms with E-state index < -0.39 is 11.7 Å². The quantitative estimate of drug-likeness (QED) is 0.783. The Bertz CT molecular complexity index is 857. The maximum atomic E-state index is 12.2. The van der Waals surface area contributed by atoms with Gasteiger partial charge in [0, 0.05) is 31.0 Å². The summed E-state index contributed by atoms with van der Waals surface area (Å²) >= 11 is 5.97. The molecule has 1 unspecified atom stereocenters. The first-order valence-electron chi connectivity index (χ1n) is 8.82. The topological polar surface area (TPSA) is 85.2 Å². The summed E-state index contributed by atoms with van der Waals surface area (Å²) in [7, 11) is 0. The van der Waals surface area contributed by atoms with E-state index in [0.717, 1.165) is 11.1 Å². The number of carbonyl (C=O) groups excluding carboxylic acids is 2. The van der Waals surface area contributed by atoms with Crippen molar-refractivity contribution in [2.75, 3.05) is 13.1 Å². The first-order valence-corrected chi connectivity index (χ1v) is 9.19. The van der Waals surface area contributed by atoms with E-state index in [-0.39, 0.29) is 11.9 Å². The van der Waals surface area contributed by atoms with E-state index in [1.165, 1.54) is 0 Å². The lowest BCUT2D eigenvalue weighted by atomic mass is 10.1. The predicted octanol–water partition coefficient (Wildman–Crippen LogP) is 3.40. The molecule has 2 N–H and O–H groups in total. The van der Waals surface area contributed by atoms with E-state index in [4.69, 9.17) is 16.3 Å². The zero-order chi connectivity index (χ0) is 19.6. The molecule has 0 aromatic carbocycles. The molecule has 1 aliphatic rings. The van der Waals surface area contributed by atoms with E-state index in [2.05, 4.69) is 15.6 Å². The van der Waals surface area contributed by atoms with E-state index in [0.29, 0.717) is 30.4 Å². The van der Waals surface area contributed by atoms with Gasteiger partial charge < -0.3 is 19.9 Å². The highest BCUT2D eigenvalue weighted by Gasteiger charge is 2.26. The molecule has 144 valence electrons. The highest BCUT2D eigenvalue weighted by atomic mass is 35.5. The molecule has 0 saturated carbocycles. The lowest BCUT2D eigenvalue weighted by Gasteiger charge is -2.27. The Morgan fingerprint density at radius 2 is 2.19 bits per heavy atom. The van der Waals surface area contributed by atoms with Gasteiger partial charge in [-0.2, -0.15) is 0 Å². The Hall–Kier alpha value is -2.54. The number of amides is 2. The molecule has 7 nitrogen and oxygen atoms in total. The molecule has 2 amide bonds. The summed E-state index contributed by atoms with van der Waals surface area (Å²) in [6.45, 7) is 6.42. The maximum absolute atomic E-state index is 12.2. The minimum absolute atomic E-state index is 0.0405. The molecule has 2 aromatic rings. The lowest BCUT2D eigenvalue weighted by molar-refractivity contribution is 0.0523. The molecule has 0 aliphatic carbocycles. The zero-order valence-corrected chi connectivity index (χ0v) is 16.3. The van der Waals surface area contributed by atoms with Crippen LogP contribution < -0.4 is 10.6 Å². The van der Waals surface area contributed by atoms with E-state index in [9.17, 15) is 9.59 Å². The minimum atomic E-state index is -0.531. The van der Waals surface area contributed by atoms with Crippen molar-refractivity contribution in [3.63, 3.8) is 0 Å². The molecular formula is C19H23ClN4O3. The number of hydrogen-bond donors (Lipinski definition) is 2. The van der Waals surface area contributed by atoms with Crippen LogP contribution >= 0.6 is 11.6 Å². The van der Waals surface area contributed by atoms with Crippen LogP contribution in [0.25, 0.3) is 11.1 Å². The van der Waals surface area contributed by atoms with Crippen LogP contribution in [0.1, 0.15) is 43.7 Å². The third-order valence-corrected chi connectivity index (χ3v) is 4.39. The number of fused-ring (bicyclic) bond motifs is 1. The van der Waals surface area contributed by atoms with E-state index in [1.54, 1.807) is 12.3 Å². The number of hydrogen-bond acceptors (Lipinski definition) is 4. The highest BCUT2D eigenvalue weighted by Crippen LogP contribution is 2.28. The lowest BCUT2D eigenvalue weighted by Crippen LogP contribution is -2.40. The van der Waals surface area contributed by atoms with Gasteiger partial charge >= 0.3 is 6.09 Å². The van der Waals surface area contributed by atoms with Crippen LogP contribution in [0.15, 0.2) is 30.6 Å². The fraction of sp³-hybridized carbons (Fsp3) is 0.421. The number of pyridine rings is 1. The highest BCUT2D eigenvalue weighted by molar-refractivity contribution is 6.29. The Kier molecular flexibility index (Phi) is 5.41. The maximum Gasteiger partial charge on any atom is 0.407 e. The molecule has 0 radical (unpaired) electrons. The number of halogens is 1. The summed E-state index contributed by atoms with van der Waals surface area (Å²) in [5.74, 6) is -0.113. The molecule has 0 fully saturated rings. The third-order valence-electron chi connectivity index (χ3n) is 4.18. The molecule has 1 atom stereocenters. The first-order chi connectivity index (χ1) is 12.7. The first kappa shape index (κ1) is 19.2. The average molecular weight is 391 g/mol. The summed E-state index contributed by atoms with van der Waals surface area (Å²) < 4.78 is 7.20. The van der Waals surface area contributed by atoms with Gasteiger partial charge in [-0.1, -0.05) is 11.6 Å². The Balaban J connectivity index is 1.71. The predicted molar refractivity (Wildman–Crippen MR) is 103 cm³/mol. The smallest absolute Gasteiger partial charge is 0.407 e. The summed E-state index contributed by atoms with van der Waals surface area (Å²) in [6, 6.07) is 5.50. The fourth-order valence-electron chi connectivity index (χ4n) is 3.00. The molecular weight excluding hydrogens is 368 g/mol. The second-order valence-electron chi connectivity index (χ2n) is 7.47. The van der Waals surface area contributed by atoms with Gasteiger partial charge in [0.25, 0.3) is 5.91 Å². The van der Waals surface area contributed by atoms with Crippen LogP contribution in [-0.4, -0.2) is 40.2 Å². The van der Waals surface area contributed by atoms with Gasteiger partial charge in [-0.15, -0.1) is 0 Å². The van der Waals surface area contributed by atoms with Crippen molar-refractivity contribution in [3.8, 4) is 11.1 Å². The molecule has 8 heteroatoms. The van der Waals surface area contributed by atoms with Gasteiger partial charge in [-0.05, 0) is 51.0 Å². The van der Waals surface area contributed by atoms with Crippen LogP contribution in [0.4, 0.5) is 4.79 Å².